The standard InChI is InChI=1S/C17H22BrNS/c1-4-9-19-16(15-10-12(3)17(18)20-15)14-8-6-7-13(5-2)11-14/h6-8,10-11,16,19H,4-5,9H2,1-3H3. The average molecular weight is 352 g/mol. The topological polar surface area (TPSA) is 12.0 Å². The third kappa shape index (κ3) is 3.72. The van der Waals surface area contributed by atoms with E-state index >= 15 is 0 Å². The van der Waals surface area contributed by atoms with E-state index in [2.05, 4.69) is 72.3 Å². The fourth-order valence-electron chi connectivity index (χ4n) is 2.29. The van der Waals surface area contributed by atoms with Gasteiger partial charge in [0.15, 0.2) is 0 Å². The lowest BCUT2D eigenvalue weighted by Gasteiger charge is -2.18. The summed E-state index contributed by atoms with van der Waals surface area (Å²) in [7, 11) is 0. The molecule has 1 heterocycles. The summed E-state index contributed by atoms with van der Waals surface area (Å²) >= 11 is 5.48. The molecule has 0 bridgehead atoms. The lowest BCUT2D eigenvalue weighted by Crippen LogP contribution is -2.22. The molecule has 0 amide bonds. The molecule has 0 aliphatic heterocycles. The first-order valence-electron chi connectivity index (χ1n) is 7.23. The quantitative estimate of drug-likeness (QED) is 0.727. The van der Waals surface area contributed by atoms with Gasteiger partial charge in [0.25, 0.3) is 0 Å². The van der Waals surface area contributed by atoms with Crippen LogP contribution in [0.1, 0.15) is 47.9 Å². The zero-order valence-corrected chi connectivity index (χ0v) is 14.8. The van der Waals surface area contributed by atoms with Crippen LogP contribution in [0.3, 0.4) is 0 Å². The highest BCUT2D eigenvalue weighted by Crippen LogP contribution is 2.34. The van der Waals surface area contributed by atoms with Crippen molar-refractivity contribution in [2.75, 3.05) is 6.54 Å². The van der Waals surface area contributed by atoms with E-state index in [0.717, 1.165) is 19.4 Å². The molecule has 0 saturated heterocycles. The zero-order valence-electron chi connectivity index (χ0n) is 12.4. The second-order valence-electron chi connectivity index (χ2n) is 5.09. The Balaban J connectivity index is 2.35. The molecule has 0 spiro atoms. The van der Waals surface area contributed by atoms with Crippen molar-refractivity contribution in [2.45, 2.75) is 39.7 Å². The molecule has 1 nitrogen and oxygen atoms in total. The Bertz CT molecular complexity index is 542. The summed E-state index contributed by atoms with van der Waals surface area (Å²) < 4.78 is 1.24. The van der Waals surface area contributed by atoms with Crippen LogP contribution in [-0.2, 0) is 6.42 Å². The van der Waals surface area contributed by atoms with Crippen molar-refractivity contribution in [1.82, 2.24) is 5.32 Å². The number of nitrogens with one attached hydrogen (secondary N) is 1. The largest absolute Gasteiger partial charge is 0.306 e. The van der Waals surface area contributed by atoms with Gasteiger partial charge in [-0.25, -0.2) is 0 Å². The SMILES string of the molecule is CCCNC(c1cccc(CC)c1)c1cc(C)c(Br)s1. The summed E-state index contributed by atoms with van der Waals surface area (Å²) in [6.45, 7) is 7.61. The number of thiophene rings is 1. The third-order valence-electron chi connectivity index (χ3n) is 3.45. The van der Waals surface area contributed by atoms with Gasteiger partial charge in [-0.2, -0.15) is 0 Å². The van der Waals surface area contributed by atoms with Gasteiger partial charge in [-0.1, -0.05) is 38.1 Å². The van der Waals surface area contributed by atoms with Crippen LogP contribution in [0.5, 0.6) is 0 Å². The summed E-state index contributed by atoms with van der Waals surface area (Å²) in [5.74, 6) is 0. The Morgan fingerprint density at radius 2 is 2.05 bits per heavy atom. The number of hydrogen-bond donors (Lipinski definition) is 1. The summed E-state index contributed by atoms with van der Waals surface area (Å²) in [5, 5.41) is 3.68. The Hall–Kier alpha value is -0.640. The third-order valence-corrected chi connectivity index (χ3v) is 5.65. The van der Waals surface area contributed by atoms with Crippen LogP contribution in [0.2, 0.25) is 0 Å². The van der Waals surface area contributed by atoms with Crippen molar-refractivity contribution in [2.24, 2.45) is 0 Å². The van der Waals surface area contributed by atoms with Gasteiger partial charge in [-0.15, -0.1) is 11.3 Å². The molecule has 0 radical (unpaired) electrons. The molecule has 2 rings (SSSR count). The molecular formula is C17H22BrNS. The van der Waals surface area contributed by atoms with Crippen molar-refractivity contribution in [3.63, 3.8) is 0 Å². The first kappa shape index (κ1) is 15.7. The van der Waals surface area contributed by atoms with E-state index in [1.807, 2.05) is 11.3 Å². The number of hydrogen-bond acceptors (Lipinski definition) is 2. The van der Waals surface area contributed by atoms with Gasteiger partial charge in [0.2, 0.25) is 0 Å². The molecule has 1 aromatic carbocycles. The van der Waals surface area contributed by atoms with Crippen LogP contribution in [0.25, 0.3) is 0 Å². The molecule has 0 aliphatic carbocycles. The van der Waals surface area contributed by atoms with Crippen LogP contribution in [-0.4, -0.2) is 6.54 Å². The van der Waals surface area contributed by atoms with Gasteiger partial charge in [0.05, 0.1) is 9.83 Å². The molecule has 3 heteroatoms. The van der Waals surface area contributed by atoms with E-state index in [0.29, 0.717) is 6.04 Å². The monoisotopic (exact) mass is 351 g/mol. The first-order valence-corrected chi connectivity index (χ1v) is 8.84. The van der Waals surface area contributed by atoms with Crippen molar-refractivity contribution in [1.29, 1.82) is 0 Å². The number of benzene rings is 1. The summed E-state index contributed by atoms with van der Waals surface area (Å²) in [6.07, 6.45) is 2.23. The molecule has 1 atom stereocenters. The highest BCUT2D eigenvalue weighted by atomic mass is 79.9. The molecule has 2 aromatic rings. The summed E-state index contributed by atoms with van der Waals surface area (Å²) in [5.41, 5.74) is 4.09. The van der Waals surface area contributed by atoms with E-state index in [9.17, 15) is 0 Å². The molecular weight excluding hydrogens is 330 g/mol. The van der Waals surface area contributed by atoms with E-state index in [1.165, 1.54) is 25.4 Å². The van der Waals surface area contributed by atoms with Crippen LogP contribution >= 0.6 is 27.3 Å². The maximum Gasteiger partial charge on any atom is 0.0731 e. The van der Waals surface area contributed by atoms with Gasteiger partial charge < -0.3 is 5.32 Å². The second kappa shape index (κ2) is 7.39. The Labute approximate surface area is 134 Å². The van der Waals surface area contributed by atoms with Crippen LogP contribution in [0.4, 0.5) is 0 Å². The number of aryl methyl sites for hydroxylation is 2. The minimum Gasteiger partial charge on any atom is -0.306 e. The average Bonchev–Trinajstić information content (AvgIpc) is 2.79. The predicted octanol–water partition coefficient (Wildman–Crippen LogP) is 5.47. The predicted molar refractivity (Wildman–Crippen MR) is 92.7 cm³/mol. The molecule has 1 unspecified atom stereocenters. The summed E-state index contributed by atoms with van der Waals surface area (Å²) in [4.78, 5) is 1.39. The Morgan fingerprint density at radius 1 is 1.25 bits per heavy atom. The Kier molecular flexibility index (Phi) is 5.82. The minimum atomic E-state index is 0.302. The highest BCUT2D eigenvalue weighted by molar-refractivity contribution is 9.11. The van der Waals surface area contributed by atoms with Crippen molar-refractivity contribution in [3.05, 3.63) is 55.7 Å². The molecule has 0 fully saturated rings. The van der Waals surface area contributed by atoms with Crippen molar-refractivity contribution < 1.29 is 0 Å². The maximum atomic E-state index is 3.68. The second-order valence-corrected chi connectivity index (χ2v) is 7.49. The van der Waals surface area contributed by atoms with Gasteiger partial charge in [0, 0.05) is 4.88 Å². The van der Waals surface area contributed by atoms with Crippen LogP contribution in [0.15, 0.2) is 34.1 Å². The van der Waals surface area contributed by atoms with E-state index in [1.54, 1.807) is 0 Å². The molecule has 108 valence electrons. The lowest BCUT2D eigenvalue weighted by molar-refractivity contribution is 0.605. The molecule has 0 saturated carbocycles. The highest BCUT2D eigenvalue weighted by Gasteiger charge is 2.17. The fraction of sp³-hybridized carbons (Fsp3) is 0.412. The zero-order chi connectivity index (χ0) is 14.5. The van der Waals surface area contributed by atoms with Crippen molar-refractivity contribution in [3.8, 4) is 0 Å². The Morgan fingerprint density at radius 3 is 2.65 bits per heavy atom. The summed E-state index contributed by atoms with van der Waals surface area (Å²) in [6, 6.07) is 11.5. The molecule has 1 aromatic heterocycles. The normalized spacial score (nSPS) is 12.6. The van der Waals surface area contributed by atoms with Crippen molar-refractivity contribution >= 4 is 27.3 Å². The lowest BCUT2D eigenvalue weighted by atomic mass is 10.0. The van der Waals surface area contributed by atoms with Crippen LogP contribution < -0.4 is 5.32 Å². The number of rotatable bonds is 6. The molecule has 1 N–H and O–H groups in total. The fourth-order valence-corrected chi connectivity index (χ4v) is 3.96. The van der Waals surface area contributed by atoms with Gasteiger partial charge in [0.1, 0.15) is 0 Å². The maximum absolute atomic E-state index is 3.68. The van der Waals surface area contributed by atoms with Crippen LogP contribution in [0, 0.1) is 6.92 Å². The first-order chi connectivity index (χ1) is 9.65. The van der Waals surface area contributed by atoms with E-state index in [4.69, 9.17) is 0 Å². The smallest absolute Gasteiger partial charge is 0.0731 e. The van der Waals surface area contributed by atoms with Gasteiger partial charge in [-0.3, -0.25) is 0 Å². The molecule has 0 aliphatic rings. The number of halogens is 1. The van der Waals surface area contributed by atoms with E-state index < -0.39 is 0 Å². The molecule has 20 heavy (non-hydrogen) atoms. The van der Waals surface area contributed by atoms with Gasteiger partial charge >= 0.3 is 0 Å². The minimum absolute atomic E-state index is 0.302. The van der Waals surface area contributed by atoms with E-state index in [-0.39, 0.29) is 0 Å². The van der Waals surface area contributed by atoms with Gasteiger partial charge in [-0.05, 0) is 65.0 Å².